The molecule has 5 nitrogen and oxygen atoms in total. The lowest BCUT2D eigenvalue weighted by molar-refractivity contribution is 0.101. The van der Waals surface area contributed by atoms with Crippen molar-refractivity contribution in [3.05, 3.63) is 17.7 Å². The lowest BCUT2D eigenvalue weighted by Crippen LogP contribution is -1.99. The van der Waals surface area contributed by atoms with Crippen LogP contribution in [0.15, 0.2) is 16.5 Å². The van der Waals surface area contributed by atoms with Crippen LogP contribution in [0, 0.1) is 0 Å². The molecule has 0 atom stereocenters. The second kappa shape index (κ2) is 4.60. The normalized spacial score (nSPS) is 10.6. The van der Waals surface area contributed by atoms with E-state index in [0.29, 0.717) is 23.3 Å². The van der Waals surface area contributed by atoms with Crippen LogP contribution in [0.1, 0.15) is 24.2 Å². The number of Topliss-reactive ketones (excluding diaryl/α,β-unsaturated/α-hetero) is 1. The van der Waals surface area contributed by atoms with Gasteiger partial charge in [-0.3, -0.25) is 4.79 Å². The number of ketones is 1. The first kappa shape index (κ1) is 12.3. The fourth-order valence-electron chi connectivity index (χ4n) is 1.91. The van der Waals surface area contributed by atoms with E-state index >= 15 is 0 Å². The summed E-state index contributed by atoms with van der Waals surface area (Å²) < 4.78 is 15.5. The van der Waals surface area contributed by atoms with Gasteiger partial charge in [0.15, 0.2) is 5.78 Å². The van der Waals surface area contributed by atoms with Gasteiger partial charge in [-0.15, -0.1) is 0 Å². The van der Waals surface area contributed by atoms with E-state index in [9.17, 15) is 9.90 Å². The minimum absolute atomic E-state index is 0.114. The van der Waals surface area contributed by atoms with E-state index in [2.05, 4.69) is 0 Å². The largest absolute Gasteiger partial charge is 0.490 e. The first-order valence-corrected chi connectivity index (χ1v) is 5.56. The van der Waals surface area contributed by atoms with Gasteiger partial charge in [-0.2, -0.15) is 0 Å². The van der Waals surface area contributed by atoms with E-state index in [4.69, 9.17) is 13.9 Å². The lowest BCUT2D eigenvalue weighted by Gasteiger charge is -2.13. The molecule has 0 saturated heterocycles. The number of hydrogen-bond donors (Lipinski definition) is 1. The molecule has 96 valence electrons. The molecule has 0 fully saturated rings. The molecule has 1 heterocycles. The van der Waals surface area contributed by atoms with Crippen molar-refractivity contribution in [1.29, 1.82) is 0 Å². The van der Waals surface area contributed by atoms with E-state index in [1.165, 1.54) is 14.0 Å². The number of ether oxygens (including phenoxy) is 2. The summed E-state index contributed by atoms with van der Waals surface area (Å²) in [6.45, 7) is 3.65. The zero-order valence-electron chi connectivity index (χ0n) is 10.4. The van der Waals surface area contributed by atoms with Gasteiger partial charge in [-0.1, -0.05) is 0 Å². The molecule has 0 radical (unpaired) electrons. The fourth-order valence-corrected chi connectivity index (χ4v) is 1.91. The summed E-state index contributed by atoms with van der Waals surface area (Å²) in [5.74, 6) is -0.194. The van der Waals surface area contributed by atoms with Gasteiger partial charge < -0.3 is 19.0 Å². The zero-order valence-corrected chi connectivity index (χ0v) is 10.4. The quantitative estimate of drug-likeness (QED) is 0.845. The molecule has 0 unspecified atom stereocenters. The van der Waals surface area contributed by atoms with Crippen LogP contribution in [0.4, 0.5) is 0 Å². The second-order valence-corrected chi connectivity index (χ2v) is 3.75. The van der Waals surface area contributed by atoms with Crippen LogP contribution in [0.3, 0.4) is 0 Å². The Labute approximate surface area is 104 Å². The molecule has 0 saturated carbocycles. The van der Waals surface area contributed by atoms with E-state index in [1.807, 2.05) is 0 Å². The predicted molar refractivity (Wildman–Crippen MR) is 64.7 cm³/mol. The van der Waals surface area contributed by atoms with Gasteiger partial charge in [0.05, 0.1) is 19.3 Å². The number of methoxy groups -OCH3 is 1. The highest BCUT2D eigenvalue weighted by atomic mass is 16.6. The van der Waals surface area contributed by atoms with Gasteiger partial charge in [0.2, 0.25) is 5.75 Å². The van der Waals surface area contributed by atoms with Crippen molar-refractivity contribution < 1.29 is 23.8 Å². The van der Waals surface area contributed by atoms with Crippen molar-refractivity contribution in [2.45, 2.75) is 13.8 Å². The Kier molecular flexibility index (Phi) is 3.14. The van der Waals surface area contributed by atoms with E-state index in [-0.39, 0.29) is 17.5 Å². The highest BCUT2D eigenvalue weighted by Gasteiger charge is 2.27. The molecule has 18 heavy (non-hydrogen) atoms. The Bertz CT molecular complexity index is 555. The Morgan fingerprint density at radius 3 is 2.72 bits per heavy atom. The molecule has 1 aliphatic carbocycles. The third-order valence-corrected chi connectivity index (χ3v) is 2.64. The van der Waals surface area contributed by atoms with Crippen LogP contribution in [0.2, 0.25) is 0 Å². The number of aromatic hydroxyl groups is 1. The number of carbonyl (C=O) groups is 1. The highest BCUT2D eigenvalue weighted by molar-refractivity contribution is 6.04. The number of carbonyl (C=O) groups excluding carboxylic acids is 1. The predicted octanol–water partition coefficient (Wildman–Crippen LogP) is 2.70. The van der Waals surface area contributed by atoms with Crippen molar-refractivity contribution in [3.63, 3.8) is 0 Å². The second-order valence-electron chi connectivity index (χ2n) is 3.75. The molecule has 0 spiro atoms. The maximum absolute atomic E-state index is 11.6. The molecular formula is C13H14O5. The average molecular weight is 250 g/mol. The summed E-state index contributed by atoms with van der Waals surface area (Å²) in [4.78, 5) is 11.6. The van der Waals surface area contributed by atoms with Crippen LogP contribution in [-0.2, 0) is 0 Å². The highest BCUT2D eigenvalue weighted by Crippen LogP contribution is 2.48. The third kappa shape index (κ3) is 1.77. The molecule has 0 bridgehead atoms. The molecule has 0 amide bonds. The van der Waals surface area contributed by atoms with Crippen LogP contribution in [-0.4, -0.2) is 24.6 Å². The zero-order chi connectivity index (χ0) is 13.3. The third-order valence-electron chi connectivity index (χ3n) is 2.64. The monoisotopic (exact) mass is 250 g/mol. The van der Waals surface area contributed by atoms with Gasteiger partial charge in [-0.25, -0.2) is 0 Å². The summed E-state index contributed by atoms with van der Waals surface area (Å²) in [5.41, 5.74) is 1.59. The van der Waals surface area contributed by atoms with Crippen LogP contribution in [0.25, 0.3) is 11.1 Å². The number of fused-ring (bicyclic) bond motifs is 1. The van der Waals surface area contributed by atoms with Gasteiger partial charge in [-0.05, 0) is 26.0 Å². The summed E-state index contributed by atoms with van der Waals surface area (Å²) in [6.07, 6.45) is 0. The van der Waals surface area contributed by atoms with Gasteiger partial charge in [0.1, 0.15) is 0 Å². The fraction of sp³-hybridized carbons (Fsp3) is 0.308. The molecular weight excluding hydrogens is 236 g/mol. The summed E-state index contributed by atoms with van der Waals surface area (Å²) in [6, 6.07) is 3.37. The van der Waals surface area contributed by atoms with Crippen molar-refractivity contribution >= 4 is 5.78 Å². The van der Waals surface area contributed by atoms with Gasteiger partial charge >= 0.3 is 5.95 Å². The minimum atomic E-state index is -0.401. The maximum Gasteiger partial charge on any atom is 0.329 e. The van der Waals surface area contributed by atoms with Crippen LogP contribution >= 0.6 is 0 Å². The van der Waals surface area contributed by atoms with E-state index < -0.39 is 5.95 Å². The molecule has 1 N–H and O–H groups in total. The van der Waals surface area contributed by atoms with Crippen molar-refractivity contribution in [3.8, 4) is 28.8 Å². The molecule has 1 aliphatic heterocycles. The standard InChI is InChI=1S/C13H14O5/c1-4-17-13-9-6-5-8(7(2)14)10(9)11(16-3)12(15)18-13/h5-6,15H,4H2,1-3H3. The molecule has 0 aromatic heterocycles. The first-order chi connectivity index (χ1) is 8.60. The molecule has 2 rings (SSSR count). The molecule has 0 aromatic carbocycles. The van der Waals surface area contributed by atoms with E-state index in [0.717, 1.165) is 0 Å². The molecule has 5 heteroatoms. The van der Waals surface area contributed by atoms with Gasteiger partial charge in [0, 0.05) is 11.1 Å². The smallest absolute Gasteiger partial charge is 0.329 e. The Balaban J connectivity index is 2.74. The Morgan fingerprint density at radius 2 is 2.17 bits per heavy atom. The topological polar surface area (TPSA) is 68.9 Å². The van der Waals surface area contributed by atoms with Crippen LogP contribution in [0.5, 0.6) is 17.6 Å². The lowest BCUT2D eigenvalue weighted by atomic mass is 10.1. The SMILES string of the molecule is CCOc1oc(O)c(OC)c2c(C(C)=O)ccc1-2. The van der Waals surface area contributed by atoms with E-state index in [1.54, 1.807) is 19.1 Å². The average Bonchev–Trinajstić information content (AvgIpc) is 2.74. The van der Waals surface area contributed by atoms with Gasteiger partial charge in [0.25, 0.3) is 5.95 Å². The van der Waals surface area contributed by atoms with Crippen molar-refractivity contribution in [1.82, 2.24) is 0 Å². The van der Waals surface area contributed by atoms with Crippen molar-refractivity contribution in [2.24, 2.45) is 0 Å². The Hall–Kier alpha value is -2.17. The van der Waals surface area contributed by atoms with Crippen LogP contribution < -0.4 is 9.47 Å². The first-order valence-electron chi connectivity index (χ1n) is 5.56. The number of rotatable bonds is 4. The summed E-state index contributed by atoms with van der Waals surface area (Å²) in [7, 11) is 1.40. The molecule has 0 aromatic rings. The Morgan fingerprint density at radius 1 is 1.44 bits per heavy atom. The summed E-state index contributed by atoms with van der Waals surface area (Å²) >= 11 is 0. The maximum atomic E-state index is 11.6. The summed E-state index contributed by atoms with van der Waals surface area (Å²) in [5, 5.41) is 9.76. The van der Waals surface area contributed by atoms with Crippen molar-refractivity contribution in [2.75, 3.05) is 13.7 Å². The molecule has 2 aliphatic rings. The number of hydrogen-bond acceptors (Lipinski definition) is 5. The minimum Gasteiger partial charge on any atom is -0.490 e.